The Kier molecular flexibility index (Phi) is 6.62. The molecule has 1 unspecified atom stereocenters. The zero-order valence-corrected chi connectivity index (χ0v) is 19.4. The third-order valence-corrected chi connectivity index (χ3v) is 7.21. The van der Waals surface area contributed by atoms with E-state index in [1.54, 1.807) is 47.0 Å². The standard InChI is InChI=1S/C24H23N3O3S2/c1-15-8-9-19(11-16(15)2)25-22(28)20-13-31-14-27(20)24(30)17-5-3-6-18(12-17)26-23(29)21-7-4-10-32-21/h3-12,20H,13-14H2,1-2H3,(H,25,28)(H,26,29). The van der Waals surface area contributed by atoms with E-state index < -0.39 is 6.04 Å². The Morgan fingerprint density at radius 3 is 2.50 bits per heavy atom. The maximum Gasteiger partial charge on any atom is 0.265 e. The fourth-order valence-corrected chi connectivity index (χ4v) is 5.17. The molecule has 6 nitrogen and oxygen atoms in total. The van der Waals surface area contributed by atoms with Crippen molar-refractivity contribution in [1.29, 1.82) is 0 Å². The number of benzene rings is 2. The summed E-state index contributed by atoms with van der Waals surface area (Å²) in [6.07, 6.45) is 0. The van der Waals surface area contributed by atoms with Crippen LogP contribution in [-0.2, 0) is 4.79 Å². The Morgan fingerprint density at radius 2 is 1.75 bits per heavy atom. The van der Waals surface area contributed by atoms with Crippen LogP contribution in [0.2, 0.25) is 0 Å². The van der Waals surface area contributed by atoms with E-state index in [-0.39, 0.29) is 17.7 Å². The zero-order valence-electron chi connectivity index (χ0n) is 17.8. The van der Waals surface area contributed by atoms with Crippen LogP contribution in [0.1, 0.15) is 31.2 Å². The van der Waals surface area contributed by atoms with Gasteiger partial charge in [-0.2, -0.15) is 0 Å². The van der Waals surface area contributed by atoms with Crippen LogP contribution in [0.5, 0.6) is 0 Å². The number of hydrogen-bond acceptors (Lipinski definition) is 5. The lowest BCUT2D eigenvalue weighted by Gasteiger charge is -2.23. The third-order valence-electron chi connectivity index (χ3n) is 5.33. The molecular weight excluding hydrogens is 442 g/mol. The highest BCUT2D eigenvalue weighted by atomic mass is 32.2. The maximum absolute atomic E-state index is 13.2. The van der Waals surface area contributed by atoms with E-state index in [9.17, 15) is 14.4 Å². The van der Waals surface area contributed by atoms with Crippen molar-refractivity contribution in [1.82, 2.24) is 4.90 Å². The molecule has 0 spiro atoms. The first-order valence-corrected chi connectivity index (χ1v) is 12.2. The Labute approximate surface area is 195 Å². The Bertz CT molecular complexity index is 1160. The normalized spacial score (nSPS) is 15.4. The summed E-state index contributed by atoms with van der Waals surface area (Å²) in [5.74, 6) is 0.329. The molecule has 164 valence electrons. The molecule has 2 N–H and O–H groups in total. The van der Waals surface area contributed by atoms with Crippen LogP contribution in [0.25, 0.3) is 0 Å². The number of rotatable bonds is 5. The molecule has 1 saturated heterocycles. The molecule has 4 rings (SSSR count). The van der Waals surface area contributed by atoms with Crippen LogP contribution in [0.3, 0.4) is 0 Å². The second kappa shape index (κ2) is 9.58. The predicted octanol–water partition coefficient (Wildman–Crippen LogP) is 4.77. The van der Waals surface area contributed by atoms with Crippen LogP contribution in [0.4, 0.5) is 11.4 Å². The zero-order chi connectivity index (χ0) is 22.7. The summed E-state index contributed by atoms with van der Waals surface area (Å²) in [5.41, 5.74) is 3.94. The average Bonchev–Trinajstić information content (AvgIpc) is 3.48. The number of carbonyl (C=O) groups is 3. The fraction of sp³-hybridized carbons (Fsp3) is 0.208. The van der Waals surface area contributed by atoms with Crippen molar-refractivity contribution in [3.8, 4) is 0 Å². The van der Waals surface area contributed by atoms with Crippen molar-refractivity contribution in [3.63, 3.8) is 0 Å². The smallest absolute Gasteiger partial charge is 0.265 e. The Balaban J connectivity index is 1.46. The van der Waals surface area contributed by atoms with Crippen LogP contribution in [0.15, 0.2) is 60.0 Å². The molecule has 3 aromatic rings. The predicted molar refractivity (Wildman–Crippen MR) is 131 cm³/mol. The summed E-state index contributed by atoms with van der Waals surface area (Å²) in [6.45, 7) is 4.02. The van der Waals surface area contributed by atoms with Gasteiger partial charge in [-0.05, 0) is 66.8 Å². The molecule has 8 heteroatoms. The molecule has 32 heavy (non-hydrogen) atoms. The van der Waals surface area contributed by atoms with Gasteiger partial charge in [0, 0.05) is 22.7 Å². The minimum absolute atomic E-state index is 0.200. The molecule has 1 aliphatic heterocycles. The van der Waals surface area contributed by atoms with Gasteiger partial charge in [0.05, 0.1) is 10.8 Å². The van der Waals surface area contributed by atoms with Crippen LogP contribution in [-0.4, -0.2) is 40.3 Å². The monoisotopic (exact) mass is 465 g/mol. The van der Waals surface area contributed by atoms with Gasteiger partial charge >= 0.3 is 0 Å². The lowest BCUT2D eigenvalue weighted by molar-refractivity contribution is -0.119. The number of thioether (sulfide) groups is 1. The van der Waals surface area contributed by atoms with Gasteiger partial charge in [0.25, 0.3) is 11.8 Å². The first-order valence-electron chi connectivity index (χ1n) is 10.1. The molecule has 2 aromatic carbocycles. The van der Waals surface area contributed by atoms with Crippen LogP contribution < -0.4 is 10.6 Å². The Morgan fingerprint density at radius 1 is 0.938 bits per heavy atom. The summed E-state index contributed by atoms with van der Waals surface area (Å²) < 4.78 is 0. The van der Waals surface area contributed by atoms with Gasteiger partial charge in [0.2, 0.25) is 5.91 Å². The summed E-state index contributed by atoms with van der Waals surface area (Å²) >= 11 is 2.90. The molecule has 1 aromatic heterocycles. The number of hydrogen-bond donors (Lipinski definition) is 2. The third kappa shape index (κ3) is 4.87. The molecule has 2 heterocycles. The fourth-order valence-electron chi connectivity index (χ4n) is 3.40. The van der Waals surface area contributed by atoms with E-state index in [1.807, 2.05) is 43.5 Å². The van der Waals surface area contributed by atoms with E-state index in [0.717, 1.165) is 16.8 Å². The highest BCUT2D eigenvalue weighted by Gasteiger charge is 2.35. The second-order valence-electron chi connectivity index (χ2n) is 7.59. The number of aryl methyl sites for hydroxylation is 2. The molecule has 1 aliphatic rings. The average molecular weight is 466 g/mol. The molecule has 0 bridgehead atoms. The first-order chi connectivity index (χ1) is 15.4. The molecule has 1 atom stereocenters. The van der Waals surface area contributed by atoms with Crippen molar-refractivity contribution in [2.24, 2.45) is 0 Å². The van der Waals surface area contributed by atoms with Gasteiger partial charge in [0.1, 0.15) is 6.04 Å². The van der Waals surface area contributed by atoms with Gasteiger partial charge in [-0.1, -0.05) is 18.2 Å². The molecular formula is C24H23N3O3S2. The lowest BCUT2D eigenvalue weighted by Crippen LogP contribution is -2.44. The van der Waals surface area contributed by atoms with E-state index in [1.165, 1.54) is 11.3 Å². The van der Waals surface area contributed by atoms with Crippen molar-refractivity contribution in [2.75, 3.05) is 22.3 Å². The van der Waals surface area contributed by atoms with Crippen molar-refractivity contribution >= 4 is 52.2 Å². The Hall–Kier alpha value is -3.10. The van der Waals surface area contributed by atoms with Gasteiger partial charge in [-0.3, -0.25) is 14.4 Å². The topological polar surface area (TPSA) is 78.5 Å². The summed E-state index contributed by atoms with van der Waals surface area (Å²) in [5, 5.41) is 7.60. The minimum Gasteiger partial charge on any atom is -0.324 e. The SMILES string of the molecule is Cc1ccc(NC(=O)C2CSCN2C(=O)c2cccc(NC(=O)c3cccs3)c2)cc1C. The van der Waals surface area contributed by atoms with Gasteiger partial charge in [-0.15, -0.1) is 23.1 Å². The summed E-state index contributed by atoms with van der Waals surface area (Å²) in [4.78, 5) is 40.6. The molecule has 0 radical (unpaired) electrons. The van der Waals surface area contributed by atoms with Crippen LogP contribution >= 0.6 is 23.1 Å². The molecule has 0 saturated carbocycles. The quantitative estimate of drug-likeness (QED) is 0.569. The largest absolute Gasteiger partial charge is 0.324 e. The highest BCUT2D eigenvalue weighted by Crippen LogP contribution is 2.26. The van der Waals surface area contributed by atoms with Crippen molar-refractivity contribution in [3.05, 3.63) is 81.5 Å². The number of thiophene rings is 1. The number of nitrogens with one attached hydrogen (secondary N) is 2. The van der Waals surface area contributed by atoms with Crippen molar-refractivity contribution in [2.45, 2.75) is 19.9 Å². The van der Waals surface area contributed by atoms with E-state index in [0.29, 0.717) is 27.8 Å². The summed E-state index contributed by atoms with van der Waals surface area (Å²) in [6, 6.07) is 15.6. The second-order valence-corrected chi connectivity index (χ2v) is 9.54. The number of carbonyl (C=O) groups excluding carboxylic acids is 3. The number of anilines is 2. The number of nitrogens with zero attached hydrogens (tertiary/aromatic N) is 1. The van der Waals surface area contributed by atoms with Crippen LogP contribution in [0, 0.1) is 13.8 Å². The maximum atomic E-state index is 13.2. The molecule has 3 amide bonds. The highest BCUT2D eigenvalue weighted by molar-refractivity contribution is 7.99. The van der Waals surface area contributed by atoms with Gasteiger partial charge in [-0.25, -0.2) is 0 Å². The van der Waals surface area contributed by atoms with Gasteiger partial charge in [0.15, 0.2) is 0 Å². The minimum atomic E-state index is -0.557. The van der Waals surface area contributed by atoms with E-state index in [4.69, 9.17) is 0 Å². The van der Waals surface area contributed by atoms with E-state index >= 15 is 0 Å². The summed E-state index contributed by atoms with van der Waals surface area (Å²) in [7, 11) is 0. The first kappa shape index (κ1) is 22.1. The van der Waals surface area contributed by atoms with E-state index in [2.05, 4.69) is 10.6 Å². The number of amides is 3. The lowest BCUT2D eigenvalue weighted by atomic mass is 10.1. The van der Waals surface area contributed by atoms with Gasteiger partial charge < -0.3 is 15.5 Å². The molecule has 1 fully saturated rings. The molecule has 0 aliphatic carbocycles. The van der Waals surface area contributed by atoms with Crippen molar-refractivity contribution < 1.29 is 14.4 Å².